The minimum absolute atomic E-state index is 0.0144. The van der Waals surface area contributed by atoms with E-state index in [1.54, 1.807) is 0 Å². The van der Waals surface area contributed by atoms with E-state index in [0.717, 1.165) is 38.5 Å². The van der Waals surface area contributed by atoms with E-state index in [9.17, 15) is 19.4 Å². The first kappa shape index (κ1) is 72.2. The van der Waals surface area contributed by atoms with Crippen LogP contribution >= 0.6 is 7.82 Å². The first-order chi connectivity index (χ1) is 35.5. The summed E-state index contributed by atoms with van der Waals surface area (Å²) < 4.78 is 23.5. The number of phosphoric acid groups is 1. The molecule has 0 saturated carbocycles. The van der Waals surface area contributed by atoms with Crippen LogP contribution in [-0.4, -0.2) is 68.5 Å². The summed E-state index contributed by atoms with van der Waals surface area (Å²) in [6.45, 7) is 4.77. The Bertz CT molecular complexity index is 1200. The standard InChI is InChI=1S/C64H129N2O6P/c1-6-8-10-12-14-16-18-20-22-24-26-27-28-29-30-31-32-33-34-35-36-37-38-40-41-43-45-47-49-51-53-55-57-63(67)62(61-72-73(69,70)71-60-59-66(3,4)5)65-64(68)58-56-54-52-50-48-46-44-42-39-25-23-21-19-17-15-13-11-9-7-2/h21,23,62-63,67H,6-20,22,24-61H2,1-5H3,(H-,65,68,69,70)/b23-21-. The minimum Gasteiger partial charge on any atom is -0.756 e. The number of aliphatic hydroxyl groups excluding tert-OH is 1. The number of amides is 1. The predicted molar refractivity (Wildman–Crippen MR) is 316 cm³/mol. The van der Waals surface area contributed by atoms with Crippen LogP contribution in [0.2, 0.25) is 0 Å². The number of nitrogens with one attached hydrogen (secondary N) is 1. The van der Waals surface area contributed by atoms with E-state index in [1.165, 1.54) is 276 Å². The molecule has 1 amide bonds. The molecule has 0 aromatic heterocycles. The largest absolute Gasteiger partial charge is 0.756 e. The van der Waals surface area contributed by atoms with E-state index in [4.69, 9.17) is 9.05 Å². The number of likely N-dealkylation sites (N-methyl/N-ethyl adjacent to an activating group) is 1. The number of aliphatic hydroxyl groups is 1. The highest BCUT2D eigenvalue weighted by Crippen LogP contribution is 2.38. The van der Waals surface area contributed by atoms with Crippen molar-refractivity contribution in [1.82, 2.24) is 5.32 Å². The summed E-state index contributed by atoms with van der Waals surface area (Å²) in [6, 6.07) is -0.800. The summed E-state index contributed by atoms with van der Waals surface area (Å²) in [5, 5.41) is 14.1. The second-order valence-electron chi connectivity index (χ2n) is 23.8. The number of hydrogen-bond acceptors (Lipinski definition) is 6. The fourth-order valence-corrected chi connectivity index (χ4v) is 10.9. The number of quaternary nitrogens is 1. The van der Waals surface area contributed by atoms with Gasteiger partial charge in [0, 0.05) is 6.42 Å². The molecule has 73 heavy (non-hydrogen) atoms. The van der Waals surface area contributed by atoms with Crippen LogP contribution in [0.5, 0.6) is 0 Å². The van der Waals surface area contributed by atoms with E-state index in [2.05, 4.69) is 31.3 Å². The van der Waals surface area contributed by atoms with Crippen molar-refractivity contribution < 1.29 is 32.9 Å². The maximum atomic E-state index is 13.0. The van der Waals surface area contributed by atoms with Gasteiger partial charge in [0.1, 0.15) is 13.2 Å². The molecule has 0 bridgehead atoms. The number of nitrogens with zero attached hydrogens (tertiary/aromatic N) is 1. The summed E-state index contributed by atoms with van der Waals surface area (Å²) in [6.07, 6.45) is 69.9. The van der Waals surface area contributed by atoms with Crippen molar-refractivity contribution in [2.24, 2.45) is 0 Å². The molecule has 0 rings (SSSR count). The lowest BCUT2D eigenvalue weighted by atomic mass is 10.0. The molecule has 2 N–H and O–H groups in total. The van der Waals surface area contributed by atoms with Gasteiger partial charge in [0.25, 0.3) is 7.82 Å². The second-order valence-corrected chi connectivity index (χ2v) is 25.2. The van der Waals surface area contributed by atoms with E-state index >= 15 is 0 Å². The van der Waals surface area contributed by atoms with Gasteiger partial charge in [-0.15, -0.1) is 0 Å². The third-order valence-corrected chi connectivity index (χ3v) is 16.2. The summed E-state index contributed by atoms with van der Waals surface area (Å²) >= 11 is 0. The molecule has 0 radical (unpaired) electrons. The molecular weight excluding hydrogens is 924 g/mol. The van der Waals surface area contributed by atoms with Crippen molar-refractivity contribution in [3.8, 4) is 0 Å². The highest BCUT2D eigenvalue weighted by atomic mass is 31.2. The number of carbonyl (C=O) groups excluding carboxylic acids is 1. The smallest absolute Gasteiger partial charge is 0.268 e. The summed E-state index contributed by atoms with van der Waals surface area (Å²) in [5.74, 6) is -0.161. The molecule has 9 heteroatoms. The highest BCUT2D eigenvalue weighted by Gasteiger charge is 2.24. The van der Waals surface area contributed by atoms with Gasteiger partial charge in [0.2, 0.25) is 5.91 Å². The lowest BCUT2D eigenvalue weighted by Gasteiger charge is -2.30. The van der Waals surface area contributed by atoms with Gasteiger partial charge in [0.05, 0.1) is 39.9 Å². The predicted octanol–water partition coefficient (Wildman–Crippen LogP) is 19.5. The summed E-state index contributed by atoms with van der Waals surface area (Å²) in [5.41, 5.74) is 0. The van der Waals surface area contributed by atoms with Gasteiger partial charge in [-0.2, -0.15) is 0 Å². The SMILES string of the molecule is CCCCCCCC/C=C\CCCCCCCCCCCC(=O)NC(COP(=O)([O-])OCC[N+](C)(C)C)C(O)CCCCCCCCCCCCCCCCCCCCCCCCCCCCCCCCCC. The van der Waals surface area contributed by atoms with Gasteiger partial charge >= 0.3 is 0 Å². The molecule has 0 spiro atoms. The maximum Gasteiger partial charge on any atom is 0.268 e. The van der Waals surface area contributed by atoms with Gasteiger partial charge in [-0.1, -0.05) is 309 Å². The van der Waals surface area contributed by atoms with Crippen molar-refractivity contribution in [3.05, 3.63) is 12.2 Å². The molecule has 436 valence electrons. The Hall–Kier alpha value is -0.760. The van der Waals surface area contributed by atoms with Gasteiger partial charge in [-0.05, 0) is 38.5 Å². The van der Waals surface area contributed by atoms with Crippen LogP contribution in [0, 0.1) is 0 Å². The Balaban J connectivity index is 4.00. The van der Waals surface area contributed by atoms with Crippen molar-refractivity contribution in [2.75, 3.05) is 40.9 Å². The molecule has 8 nitrogen and oxygen atoms in total. The van der Waals surface area contributed by atoms with Crippen LogP contribution in [0.25, 0.3) is 0 Å². The van der Waals surface area contributed by atoms with Gasteiger partial charge in [0.15, 0.2) is 0 Å². The minimum atomic E-state index is -4.57. The number of phosphoric ester groups is 1. The second kappa shape index (κ2) is 56.0. The number of rotatable bonds is 61. The van der Waals surface area contributed by atoms with Crippen molar-refractivity contribution in [2.45, 2.75) is 353 Å². The fraction of sp³-hybridized carbons (Fsp3) is 0.953. The van der Waals surface area contributed by atoms with Gasteiger partial charge < -0.3 is 28.8 Å². The van der Waals surface area contributed by atoms with Gasteiger partial charge in [-0.25, -0.2) is 0 Å². The van der Waals surface area contributed by atoms with E-state index in [1.807, 2.05) is 21.1 Å². The fourth-order valence-electron chi connectivity index (χ4n) is 10.2. The number of unbranched alkanes of at least 4 members (excludes halogenated alkanes) is 46. The van der Waals surface area contributed by atoms with Crippen LogP contribution in [0.4, 0.5) is 0 Å². The Morgan fingerprint density at radius 3 is 1.07 bits per heavy atom. The van der Waals surface area contributed by atoms with E-state index < -0.39 is 20.0 Å². The van der Waals surface area contributed by atoms with Crippen LogP contribution < -0.4 is 10.2 Å². The molecule has 0 aromatic carbocycles. The first-order valence-corrected chi connectivity index (χ1v) is 34.0. The Morgan fingerprint density at radius 1 is 0.466 bits per heavy atom. The first-order valence-electron chi connectivity index (χ1n) is 32.5. The number of hydrogen-bond donors (Lipinski definition) is 2. The lowest BCUT2D eigenvalue weighted by Crippen LogP contribution is -2.46. The highest BCUT2D eigenvalue weighted by molar-refractivity contribution is 7.45. The number of carbonyl (C=O) groups is 1. The van der Waals surface area contributed by atoms with E-state index in [-0.39, 0.29) is 19.1 Å². The average Bonchev–Trinajstić information content (AvgIpc) is 3.35. The molecule has 0 aliphatic heterocycles. The van der Waals surface area contributed by atoms with Crippen LogP contribution in [0.3, 0.4) is 0 Å². The molecule has 0 aromatic rings. The lowest BCUT2D eigenvalue weighted by molar-refractivity contribution is -0.870. The van der Waals surface area contributed by atoms with Crippen LogP contribution in [0.1, 0.15) is 341 Å². The summed E-state index contributed by atoms with van der Waals surface area (Å²) in [7, 11) is 1.32. The Morgan fingerprint density at radius 2 is 0.753 bits per heavy atom. The van der Waals surface area contributed by atoms with Crippen molar-refractivity contribution >= 4 is 13.7 Å². The van der Waals surface area contributed by atoms with Crippen LogP contribution in [-0.2, 0) is 18.4 Å². The normalized spacial score (nSPS) is 13.8. The van der Waals surface area contributed by atoms with Crippen molar-refractivity contribution in [3.63, 3.8) is 0 Å². The van der Waals surface area contributed by atoms with Gasteiger partial charge in [-0.3, -0.25) is 9.36 Å². The molecule has 0 aliphatic carbocycles. The zero-order chi connectivity index (χ0) is 53.5. The third kappa shape index (κ3) is 58.8. The topological polar surface area (TPSA) is 108 Å². The monoisotopic (exact) mass is 1050 g/mol. The molecule has 3 unspecified atom stereocenters. The quantitative estimate of drug-likeness (QED) is 0.0272. The average molecular weight is 1050 g/mol. The maximum absolute atomic E-state index is 13.0. The zero-order valence-electron chi connectivity index (χ0n) is 49.9. The van der Waals surface area contributed by atoms with Crippen molar-refractivity contribution in [1.29, 1.82) is 0 Å². The zero-order valence-corrected chi connectivity index (χ0v) is 50.8. The molecule has 0 saturated heterocycles. The molecule has 0 aliphatic rings. The molecule has 3 atom stereocenters. The summed E-state index contributed by atoms with van der Waals surface area (Å²) in [4.78, 5) is 25.6. The number of allylic oxidation sites excluding steroid dienone is 2. The molecular formula is C64H129N2O6P. The van der Waals surface area contributed by atoms with Crippen LogP contribution in [0.15, 0.2) is 12.2 Å². The Kier molecular flexibility index (Phi) is 55.4. The van der Waals surface area contributed by atoms with E-state index in [0.29, 0.717) is 23.9 Å². The molecule has 0 heterocycles. The Labute approximate surface area is 456 Å². The molecule has 0 fully saturated rings. The third-order valence-electron chi connectivity index (χ3n) is 15.3.